The topological polar surface area (TPSA) is 51.1 Å². The first-order valence-electron chi connectivity index (χ1n) is 5.88. The molecule has 1 aromatic heterocycles. The van der Waals surface area contributed by atoms with Gasteiger partial charge in [-0.15, -0.1) is 0 Å². The van der Waals surface area contributed by atoms with Crippen molar-refractivity contribution in [3.8, 4) is 0 Å². The van der Waals surface area contributed by atoms with Gasteiger partial charge in [0.2, 0.25) is 5.91 Å². The molecule has 4 nitrogen and oxygen atoms in total. The quantitative estimate of drug-likeness (QED) is 0.794. The number of carbonyl (C=O) groups excluding carboxylic acids is 2. The molecule has 0 saturated heterocycles. The molecule has 0 aromatic carbocycles. The lowest BCUT2D eigenvalue weighted by Gasteiger charge is -2.10. The molecule has 0 bridgehead atoms. The molecule has 0 atom stereocenters. The second kappa shape index (κ2) is 5.66. The molecular formula is C13H20N2O2. The first-order chi connectivity index (χ1) is 7.91. The Kier molecular flexibility index (Phi) is 4.49. The molecule has 1 N–H and O–H groups in total. The van der Waals surface area contributed by atoms with Crippen LogP contribution in [-0.4, -0.2) is 22.3 Å². The fourth-order valence-corrected chi connectivity index (χ4v) is 1.78. The summed E-state index contributed by atoms with van der Waals surface area (Å²) in [5.74, 6) is 0.102. The molecule has 0 fully saturated rings. The molecule has 1 rings (SSSR count). The summed E-state index contributed by atoms with van der Waals surface area (Å²) in [6, 6.07) is 1.97. The minimum absolute atomic E-state index is 0.0393. The smallest absolute Gasteiger partial charge is 0.221 e. The Balaban J connectivity index is 2.58. The summed E-state index contributed by atoms with van der Waals surface area (Å²) in [5, 5.41) is 2.84. The zero-order valence-electron chi connectivity index (χ0n) is 10.9. The number of hydrogen-bond acceptors (Lipinski definition) is 2. The third-order valence-corrected chi connectivity index (χ3v) is 2.65. The van der Waals surface area contributed by atoms with Crippen LogP contribution in [0, 0.1) is 6.92 Å². The van der Waals surface area contributed by atoms with E-state index >= 15 is 0 Å². The number of ketones is 1. The Morgan fingerprint density at radius 1 is 1.41 bits per heavy atom. The van der Waals surface area contributed by atoms with Crippen molar-refractivity contribution in [1.82, 2.24) is 9.88 Å². The highest BCUT2D eigenvalue weighted by molar-refractivity contribution is 5.95. The first-order valence-corrected chi connectivity index (χ1v) is 5.88. The van der Waals surface area contributed by atoms with E-state index in [0.29, 0.717) is 13.0 Å². The van der Waals surface area contributed by atoms with E-state index in [1.54, 1.807) is 13.0 Å². The standard InChI is InChI=1S/C13H20N2O2/c1-9(2)14-13(17)6-8-15-7-5-12(10(15)3)11(4)16/h5,7,9H,6,8H2,1-4H3,(H,14,17). The average Bonchev–Trinajstić information content (AvgIpc) is 2.55. The third-order valence-electron chi connectivity index (χ3n) is 2.65. The van der Waals surface area contributed by atoms with Crippen molar-refractivity contribution in [2.45, 2.75) is 46.7 Å². The average molecular weight is 236 g/mol. The molecule has 0 aliphatic carbocycles. The normalized spacial score (nSPS) is 10.6. The van der Waals surface area contributed by atoms with E-state index in [-0.39, 0.29) is 17.7 Å². The number of amides is 1. The molecule has 0 aliphatic heterocycles. The van der Waals surface area contributed by atoms with Gasteiger partial charge in [0.05, 0.1) is 0 Å². The second-order valence-corrected chi connectivity index (χ2v) is 4.54. The fraction of sp³-hybridized carbons (Fsp3) is 0.538. The van der Waals surface area contributed by atoms with Gasteiger partial charge in [0.25, 0.3) is 0 Å². The summed E-state index contributed by atoms with van der Waals surface area (Å²) in [6.07, 6.45) is 2.29. The summed E-state index contributed by atoms with van der Waals surface area (Å²) in [7, 11) is 0. The number of hydrogen-bond donors (Lipinski definition) is 1. The maximum absolute atomic E-state index is 11.5. The number of nitrogens with one attached hydrogen (secondary N) is 1. The van der Waals surface area contributed by atoms with Crippen molar-refractivity contribution in [3.63, 3.8) is 0 Å². The van der Waals surface area contributed by atoms with Crippen LogP contribution in [0.5, 0.6) is 0 Å². The summed E-state index contributed by atoms with van der Waals surface area (Å²) in [4.78, 5) is 22.8. The van der Waals surface area contributed by atoms with Crippen LogP contribution >= 0.6 is 0 Å². The van der Waals surface area contributed by atoms with Crippen molar-refractivity contribution in [3.05, 3.63) is 23.5 Å². The van der Waals surface area contributed by atoms with Gasteiger partial charge >= 0.3 is 0 Å². The third kappa shape index (κ3) is 3.73. The highest BCUT2D eigenvalue weighted by atomic mass is 16.1. The van der Waals surface area contributed by atoms with Crippen LogP contribution in [0.2, 0.25) is 0 Å². The van der Waals surface area contributed by atoms with Crippen LogP contribution < -0.4 is 5.32 Å². The molecule has 94 valence electrons. The van der Waals surface area contributed by atoms with Gasteiger partial charge in [-0.3, -0.25) is 9.59 Å². The molecule has 0 spiro atoms. The van der Waals surface area contributed by atoms with Crippen LogP contribution in [0.1, 0.15) is 43.2 Å². The molecular weight excluding hydrogens is 216 g/mol. The monoisotopic (exact) mass is 236 g/mol. The maximum atomic E-state index is 11.5. The van der Waals surface area contributed by atoms with Gasteiger partial charge in [0.15, 0.2) is 5.78 Å². The van der Waals surface area contributed by atoms with E-state index < -0.39 is 0 Å². The SMILES string of the molecule is CC(=O)c1ccn(CCC(=O)NC(C)C)c1C. The van der Waals surface area contributed by atoms with E-state index in [9.17, 15) is 9.59 Å². The highest BCUT2D eigenvalue weighted by Gasteiger charge is 2.09. The van der Waals surface area contributed by atoms with E-state index in [0.717, 1.165) is 11.3 Å². The lowest BCUT2D eigenvalue weighted by atomic mass is 10.2. The summed E-state index contributed by atoms with van der Waals surface area (Å²) in [6.45, 7) is 7.94. The second-order valence-electron chi connectivity index (χ2n) is 4.54. The van der Waals surface area contributed by atoms with Crippen LogP contribution in [0.25, 0.3) is 0 Å². The summed E-state index contributed by atoms with van der Waals surface area (Å²) in [5.41, 5.74) is 1.66. The summed E-state index contributed by atoms with van der Waals surface area (Å²) < 4.78 is 1.94. The number of rotatable bonds is 5. The number of aryl methyl sites for hydroxylation is 1. The molecule has 0 saturated carbocycles. The molecule has 4 heteroatoms. The number of nitrogens with zero attached hydrogens (tertiary/aromatic N) is 1. The van der Waals surface area contributed by atoms with Crippen LogP contribution in [0.4, 0.5) is 0 Å². The Bertz CT molecular complexity index is 419. The molecule has 17 heavy (non-hydrogen) atoms. The van der Waals surface area contributed by atoms with Gasteiger partial charge in [-0.05, 0) is 33.8 Å². The Morgan fingerprint density at radius 3 is 2.53 bits per heavy atom. The molecule has 1 aromatic rings. The number of aromatic nitrogens is 1. The first kappa shape index (κ1) is 13.5. The van der Waals surface area contributed by atoms with Gasteiger partial charge in [0.1, 0.15) is 0 Å². The zero-order valence-corrected chi connectivity index (χ0v) is 10.9. The van der Waals surface area contributed by atoms with Gasteiger partial charge < -0.3 is 9.88 Å². The lowest BCUT2D eigenvalue weighted by molar-refractivity contribution is -0.121. The fourth-order valence-electron chi connectivity index (χ4n) is 1.78. The van der Waals surface area contributed by atoms with Crippen molar-refractivity contribution >= 4 is 11.7 Å². The van der Waals surface area contributed by atoms with Crippen molar-refractivity contribution in [2.24, 2.45) is 0 Å². The van der Waals surface area contributed by atoms with Gasteiger partial charge in [-0.1, -0.05) is 0 Å². The number of Topliss-reactive ketones (excluding diaryl/α,β-unsaturated/α-hetero) is 1. The highest BCUT2D eigenvalue weighted by Crippen LogP contribution is 2.11. The van der Waals surface area contributed by atoms with E-state index in [1.807, 2.05) is 31.5 Å². The number of carbonyl (C=O) groups is 2. The van der Waals surface area contributed by atoms with Gasteiger partial charge in [-0.25, -0.2) is 0 Å². The maximum Gasteiger partial charge on any atom is 0.221 e. The largest absolute Gasteiger partial charge is 0.354 e. The van der Waals surface area contributed by atoms with Gasteiger partial charge in [-0.2, -0.15) is 0 Å². The van der Waals surface area contributed by atoms with E-state index in [1.165, 1.54) is 0 Å². The van der Waals surface area contributed by atoms with E-state index in [2.05, 4.69) is 5.32 Å². The molecule has 0 aliphatic rings. The van der Waals surface area contributed by atoms with Crippen molar-refractivity contribution in [1.29, 1.82) is 0 Å². The van der Waals surface area contributed by atoms with Crippen molar-refractivity contribution in [2.75, 3.05) is 0 Å². The van der Waals surface area contributed by atoms with Crippen molar-refractivity contribution < 1.29 is 9.59 Å². The minimum atomic E-state index is 0.0393. The molecule has 1 heterocycles. The zero-order chi connectivity index (χ0) is 13.0. The van der Waals surface area contributed by atoms with Crippen LogP contribution in [0.3, 0.4) is 0 Å². The minimum Gasteiger partial charge on any atom is -0.354 e. The molecule has 0 radical (unpaired) electrons. The summed E-state index contributed by atoms with van der Waals surface area (Å²) >= 11 is 0. The Hall–Kier alpha value is -1.58. The van der Waals surface area contributed by atoms with Crippen LogP contribution in [-0.2, 0) is 11.3 Å². The Labute approximate surface area is 102 Å². The molecule has 1 amide bonds. The van der Waals surface area contributed by atoms with Gasteiger partial charge in [0, 0.05) is 36.5 Å². The predicted octanol–water partition coefficient (Wildman–Crippen LogP) is 1.91. The lowest BCUT2D eigenvalue weighted by Crippen LogP contribution is -2.30. The van der Waals surface area contributed by atoms with Crippen LogP contribution in [0.15, 0.2) is 12.3 Å². The predicted molar refractivity (Wildman–Crippen MR) is 67.1 cm³/mol. The molecule has 0 unspecified atom stereocenters. The Morgan fingerprint density at radius 2 is 2.06 bits per heavy atom. The van der Waals surface area contributed by atoms with E-state index in [4.69, 9.17) is 0 Å².